The van der Waals surface area contributed by atoms with E-state index in [1.54, 1.807) is 12.1 Å². The molecular weight excluding hydrogens is 292 g/mol. The number of methoxy groups -OCH3 is 1. The van der Waals surface area contributed by atoms with Crippen molar-refractivity contribution in [1.82, 2.24) is 5.43 Å². The number of carbonyl (C=O) groups is 1. The summed E-state index contributed by atoms with van der Waals surface area (Å²) >= 11 is 0. The molecule has 7 heteroatoms. The van der Waals surface area contributed by atoms with Gasteiger partial charge in [-0.05, 0) is 18.6 Å². The van der Waals surface area contributed by atoms with Gasteiger partial charge in [0.15, 0.2) is 0 Å². The second-order valence-corrected chi connectivity index (χ2v) is 5.51. The van der Waals surface area contributed by atoms with E-state index in [4.69, 9.17) is 4.74 Å². The van der Waals surface area contributed by atoms with Crippen LogP contribution < -0.4 is 10.3 Å². The number of ether oxygens (including phenoxy) is 1. The minimum Gasteiger partial charge on any atom is -0.378 e. The van der Waals surface area contributed by atoms with Crippen molar-refractivity contribution in [2.24, 2.45) is 5.10 Å². The molecule has 2 aliphatic rings. The Balaban J connectivity index is 2.00. The number of anilines is 1. The molecule has 2 aliphatic heterocycles. The number of alkyl halides is 2. The molecule has 0 aliphatic carbocycles. The number of benzene rings is 1. The molecule has 1 unspecified atom stereocenters. The van der Waals surface area contributed by atoms with Crippen molar-refractivity contribution in [3.63, 3.8) is 0 Å². The van der Waals surface area contributed by atoms with E-state index in [2.05, 4.69) is 10.5 Å². The van der Waals surface area contributed by atoms with E-state index in [-0.39, 0.29) is 24.6 Å². The average molecular weight is 309 g/mol. The van der Waals surface area contributed by atoms with Crippen molar-refractivity contribution in [1.29, 1.82) is 0 Å². The van der Waals surface area contributed by atoms with E-state index in [0.717, 1.165) is 13.0 Å². The highest BCUT2D eigenvalue weighted by Crippen LogP contribution is 2.48. The van der Waals surface area contributed by atoms with Gasteiger partial charge in [-0.2, -0.15) is 5.10 Å². The second kappa shape index (κ2) is 5.64. The van der Waals surface area contributed by atoms with Crippen LogP contribution in [0.2, 0.25) is 0 Å². The molecule has 2 heterocycles. The van der Waals surface area contributed by atoms with Crippen LogP contribution >= 0.6 is 0 Å². The Bertz CT molecular complexity index is 619. The highest BCUT2D eigenvalue weighted by Gasteiger charge is 2.47. The van der Waals surface area contributed by atoms with Crippen molar-refractivity contribution in [2.75, 3.05) is 25.2 Å². The number of amides is 1. The third kappa shape index (κ3) is 2.45. The largest absolute Gasteiger partial charge is 0.378 e. The van der Waals surface area contributed by atoms with Crippen LogP contribution in [0.15, 0.2) is 23.3 Å². The van der Waals surface area contributed by atoms with Crippen LogP contribution in [-0.4, -0.2) is 38.4 Å². The summed E-state index contributed by atoms with van der Waals surface area (Å²) in [4.78, 5) is 12.4. The molecule has 0 radical (unpaired) electrons. The minimum absolute atomic E-state index is 0.0239. The number of nitrogens with zero attached hydrogens (tertiary/aromatic N) is 2. The number of rotatable bonds is 5. The number of halogens is 2. The lowest BCUT2D eigenvalue weighted by Gasteiger charge is -2.49. The zero-order chi connectivity index (χ0) is 15.7. The summed E-state index contributed by atoms with van der Waals surface area (Å²) in [6.45, 7) is 0.941. The Morgan fingerprint density at radius 2 is 2.41 bits per heavy atom. The molecule has 1 amide bonds. The van der Waals surface area contributed by atoms with Gasteiger partial charge in [0.25, 0.3) is 5.92 Å². The standard InChI is InChI=1S/C15H17F2N3O2/c1-22-8-13(19-18-9-21)10-2-3-14-12(6-10)15(16,17)7-11-4-5-20(11)14/h2-3,6,9,11H,4-5,7-8H2,1H3,(H,18,21)/b19-13+. The molecule has 1 aromatic rings. The van der Waals surface area contributed by atoms with Gasteiger partial charge < -0.3 is 9.64 Å². The lowest BCUT2D eigenvalue weighted by Crippen LogP contribution is -2.53. The maximum Gasteiger partial charge on any atom is 0.277 e. The first-order valence-electron chi connectivity index (χ1n) is 7.11. The number of hydrogen-bond acceptors (Lipinski definition) is 4. The molecule has 1 atom stereocenters. The van der Waals surface area contributed by atoms with E-state index in [1.807, 2.05) is 4.90 Å². The smallest absolute Gasteiger partial charge is 0.277 e. The molecule has 0 saturated carbocycles. The summed E-state index contributed by atoms with van der Waals surface area (Å²) in [5.74, 6) is -2.84. The van der Waals surface area contributed by atoms with Crippen LogP contribution in [0.3, 0.4) is 0 Å². The Labute approximate surface area is 126 Å². The molecule has 0 bridgehead atoms. The van der Waals surface area contributed by atoms with Gasteiger partial charge in [0.1, 0.15) is 0 Å². The van der Waals surface area contributed by atoms with Gasteiger partial charge in [-0.25, -0.2) is 14.2 Å². The molecule has 1 saturated heterocycles. The fraction of sp³-hybridized carbons (Fsp3) is 0.467. The Hall–Kier alpha value is -2.02. The highest BCUT2D eigenvalue weighted by atomic mass is 19.3. The third-order valence-corrected chi connectivity index (χ3v) is 4.20. The molecule has 1 N–H and O–H groups in total. The van der Waals surface area contributed by atoms with Crippen LogP contribution in [0.25, 0.3) is 0 Å². The van der Waals surface area contributed by atoms with Gasteiger partial charge in [-0.1, -0.05) is 6.07 Å². The number of carbonyl (C=O) groups excluding carboxylic acids is 1. The van der Waals surface area contributed by atoms with Crippen molar-refractivity contribution >= 4 is 17.8 Å². The molecule has 0 aromatic heterocycles. The van der Waals surface area contributed by atoms with E-state index in [0.29, 0.717) is 23.4 Å². The fourth-order valence-corrected chi connectivity index (χ4v) is 3.06. The predicted molar refractivity (Wildman–Crippen MR) is 78.3 cm³/mol. The Morgan fingerprint density at radius 3 is 3.05 bits per heavy atom. The molecule has 1 aromatic carbocycles. The van der Waals surface area contributed by atoms with Crippen LogP contribution in [0.4, 0.5) is 14.5 Å². The highest BCUT2D eigenvalue weighted by molar-refractivity contribution is 6.02. The molecule has 5 nitrogen and oxygen atoms in total. The first-order chi connectivity index (χ1) is 10.6. The lowest BCUT2D eigenvalue weighted by molar-refractivity contribution is -0.109. The van der Waals surface area contributed by atoms with Gasteiger partial charge in [0.2, 0.25) is 6.41 Å². The van der Waals surface area contributed by atoms with Gasteiger partial charge in [-0.3, -0.25) is 4.79 Å². The number of nitrogens with one attached hydrogen (secondary N) is 1. The SMILES string of the molecule is COC/C(=N\NC=O)c1ccc2c(c1)C(F)(F)CC1CCN21. The summed E-state index contributed by atoms with van der Waals surface area (Å²) in [5.41, 5.74) is 3.73. The van der Waals surface area contributed by atoms with E-state index < -0.39 is 5.92 Å². The molecular formula is C15H17F2N3O2. The van der Waals surface area contributed by atoms with Gasteiger partial charge >= 0.3 is 0 Å². The van der Waals surface area contributed by atoms with Crippen molar-refractivity contribution in [3.05, 3.63) is 29.3 Å². The normalized spacial score (nSPS) is 22.4. The summed E-state index contributed by atoms with van der Waals surface area (Å²) in [5, 5.41) is 3.86. The number of fused-ring (bicyclic) bond motifs is 3. The molecule has 3 rings (SSSR count). The predicted octanol–water partition coefficient (Wildman–Crippen LogP) is 1.86. The third-order valence-electron chi connectivity index (χ3n) is 4.20. The molecule has 1 fully saturated rings. The van der Waals surface area contributed by atoms with Crippen LogP contribution in [0, 0.1) is 0 Å². The molecule has 118 valence electrons. The van der Waals surface area contributed by atoms with Crippen LogP contribution in [0.5, 0.6) is 0 Å². The zero-order valence-electron chi connectivity index (χ0n) is 12.2. The molecule has 22 heavy (non-hydrogen) atoms. The van der Waals surface area contributed by atoms with Crippen LogP contribution in [-0.2, 0) is 15.5 Å². The van der Waals surface area contributed by atoms with Gasteiger partial charge in [0.05, 0.1) is 12.3 Å². The maximum absolute atomic E-state index is 14.4. The van der Waals surface area contributed by atoms with E-state index in [1.165, 1.54) is 13.2 Å². The van der Waals surface area contributed by atoms with Gasteiger partial charge in [0, 0.05) is 42.9 Å². The minimum atomic E-state index is -2.84. The van der Waals surface area contributed by atoms with Crippen molar-refractivity contribution in [3.8, 4) is 0 Å². The van der Waals surface area contributed by atoms with Crippen molar-refractivity contribution < 1.29 is 18.3 Å². The zero-order valence-corrected chi connectivity index (χ0v) is 12.2. The average Bonchev–Trinajstić information content (AvgIpc) is 2.47. The molecule has 0 spiro atoms. The summed E-state index contributed by atoms with van der Waals surface area (Å²) < 4.78 is 33.7. The summed E-state index contributed by atoms with van der Waals surface area (Å²) in [6, 6.07) is 4.83. The summed E-state index contributed by atoms with van der Waals surface area (Å²) in [7, 11) is 1.48. The fourth-order valence-electron chi connectivity index (χ4n) is 3.06. The lowest BCUT2D eigenvalue weighted by atomic mass is 9.84. The first kappa shape index (κ1) is 14.9. The van der Waals surface area contributed by atoms with E-state index >= 15 is 0 Å². The quantitative estimate of drug-likeness (QED) is 0.513. The first-order valence-corrected chi connectivity index (χ1v) is 7.11. The number of hydrogen-bond donors (Lipinski definition) is 1. The Morgan fingerprint density at radius 1 is 1.59 bits per heavy atom. The monoisotopic (exact) mass is 309 g/mol. The van der Waals surface area contributed by atoms with E-state index in [9.17, 15) is 13.6 Å². The van der Waals surface area contributed by atoms with Crippen LogP contribution in [0.1, 0.15) is 24.0 Å². The van der Waals surface area contributed by atoms with Crippen molar-refractivity contribution in [2.45, 2.75) is 24.8 Å². The number of hydrazone groups is 1. The summed E-state index contributed by atoms with van der Waals surface area (Å²) in [6.07, 6.45) is 1.09. The Kier molecular flexibility index (Phi) is 3.82. The van der Waals surface area contributed by atoms with Gasteiger partial charge in [-0.15, -0.1) is 0 Å². The topological polar surface area (TPSA) is 53.9 Å². The maximum atomic E-state index is 14.4. The second-order valence-electron chi connectivity index (χ2n) is 5.51.